The Kier molecular flexibility index (Phi) is 3.66. The topological polar surface area (TPSA) is 47.8 Å². The summed E-state index contributed by atoms with van der Waals surface area (Å²) in [7, 11) is 0. The SMILES string of the molecule is Cc1nc2ccccc2n(Cc2cnc(Cl)cc2Cl)c1=O. The van der Waals surface area contributed by atoms with E-state index in [9.17, 15) is 4.79 Å². The molecule has 106 valence electrons. The fraction of sp³-hybridized carbons (Fsp3) is 0.133. The molecular formula is C15H11Cl2N3O. The van der Waals surface area contributed by atoms with Crippen LogP contribution in [0.25, 0.3) is 11.0 Å². The van der Waals surface area contributed by atoms with Gasteiger partial charge in [0.2, 0.25) is 0 Å². The largest absolute Gasteiger partial charge is 0.301 e. The lowest BCUT2D eigenvalue weighted by Gasteiger charge is -2.12. The van der Waals surface area contributed by atoms with Crippen molar-refractivity contribution in [3.05, 3.63) is 68.3 Å². The van der Waals surface area contributed by atoms with Crippen molar-refractivity contribution >= 4 is 34.2 Å². The molecule has 0 saturated heterocycles. The van der Waals surface area contributed by atoms with E-state index in [0.717, 1.165) is 16.6 Å². The Morgan fingerprint density at radius 1 is 1.24 bits per heavy atom. The lowest BCUT2D eigenvalue weighted by molar-refractivity contribution is 0.773. The van der Waals surface area contributed by atoms with Crippen molar-refractivity contribution in [2.75, 3.05) is 0 Å². The number of aromatic nitrogens is 3. The average molecular weight is 320 g/mol. The molecule has 2 heterocycles. The summed E-state index contributed by atoms with van der Waals surface area (Å²) in [6, 6.07) is 9.07. The molecule has 4 nitrogen and oxygen atoms in total. The summed E-state index contributed by atoms with van der Waals surface area (Å²) < 4.78 is 1.65. The van der Waals surface area contributed by atoms with E-state index in [-0.39, 0.29) is 5.56 Å². The first-order valence-corrected chi connectivity index (χ1v) is 7.08. The predicted molar refractivity (Wildman–Crippen MR) is 84.1 cm³/mol. The molecule has 0 amide bonds. The highest BCUT2D eigenvalue weighted by molar-refractivity contribution is 6.34. The molecule has 3 aromatic rings. The van der Waals surface area contributed by atoms with E-state index in [2.05, 4.69) is 9.97 Å². The number of aryl methyl sites for hydroxylation is 1. The highest BCUT2D eigenvalue weighted by Crippen LogP contribution is 2.20. The van der Waals surface area contributed by atoms with Gasteiger partial charge in [-0.3, -0.25) is 4.79 Å². The second-order valence-electron chi connectivity index (χ2n) is 4.68. The molecule has 0 aliphatic rings. The number of nitrogens with zero attached hydrogens (tertiary/aromatic N) is 3. The number of fused-ring (bicyclic) bond motifs is 1. The molecule has 0 N–H and O–H groups in total. The van der Waals surface area contributed by atoms with Crippen LogP contribution in [0.2, 0.25) is 10.2 Å². The number of hydrogen-bond donors (Lipinski definition) is 0. The van der Waals surface area contributed by atoms with Gasteiger partial charge < -0.3 is 4.57 Å². The summed E-state index contributed by atoms with van der Waals surface area (Å²) in [5.41, 5.74) is 2.58. The van der Waals surface area contributed by atoms with E-state index in [1.165, 1.54) is 0 Å². The average Bonchev–Trinajstić information content (AvgIpc) is 2.46. The van der Waals surface area contributed by atoms with Crippen LogP contribution in [0, 0.1) is 6.92 Å². The van der Waals surface area contributed by atoms with Crippen molar-refractivity contribution in [1.29, 1.82) is 0 Å². The van der Waals surface area contributed by atoms with Gasteiger partial charge in [-0.1, -0.05) is 35.3 Å². The first-order valence-electron chi connectivity index (χ1n) is 6.32. The Balaban J connectivity index is 2.20. The first-order chi connectivity index (χ1) is 10.1. The Bertz CT molecular complexity index is 890. The molecule has 2 aromatic heterocycles. The molecule has 0 saturated carbocycles. The molecule has 0 unspecified atom stereocenters. The van der Waals surface area contributed by atoms with Gasteiger partial charge in [-0.2, -0.15) is 0 Å². The highest BCUT2D eigenvalue weighted by Gasteiger charge is 2.10. The number of halogens is 2. The van der Waals surface area contributed by atoms with Gasteiger partial charge in [0, 0.05) is 11.8 Å². The van der Waals surface area contributed by atoms with Gasteiger partial charge in [0.05, 0.1) is 22.6 Å². The third kappa shape index (κ3) is 2.64. The lowest BCUT2D eigenvalue weighted by Crippen LogP contribution is -2.24. The van der Waals surface area contributed by atoms with Gasteiger partial charge in [-0.15, -0.1) is 0 Å². The number of rotatable bonds is 2. The molecular weight excluding hydrogens is 309 g/mol. The third-order valence-corrected chi connectivity index (χ3v) is 3.80. The molecule has 0 spiro atoms. The van der Waals surface area contributed by atoms with Crippen LogP contribution in [0.1, 0.15) is 11.3 Å². The third-order valence-electron chi connectivity index (χ3n) is 3.24. The van der Waals surface area contributed by atoms with Gasteiger partial charge in [-0.05, 0) is 25.1 Å². The van der Waals surface area contributed by atoms with Gasteiger partial charge >= 0.3 is 0 Å². The highest BCUT2D eigenvalue weighted by atomic mass is 35.5. The van der Waals surface area contributed by atoms with Gasteiger partial charge in [0.15, 0.2) is 0 Å². The zero-order chi connectivity index (χ0) is 15.0. The van der Waals surface area contributed by atoms with Crippen molar-refractivity contribution in [2.24, 2.45) is 0 Å². The summed E-state index contributed by atoms with van der Waals surface area (Å²) in [5.74, 6) is 0. The van der Waals surface area contributed by atoms with Crippen LogP contribution in [-0.2, 0) is 6.54 Å². The van der Waals surface area contributed by atoms with Crippen LogP contribution in [0.4, 0.5) is 0 Å². The zero-order valence-electron chi connectivity index (χ0n) is 11.2. The number of para-hydroxylation sites is 2. The molecule has 0 aliphatic carbocycles. The maximum atomic E-state index is 12.4. The first kappa shape index (κ1) is 14.0. The molecule has 1 aromatic carbocycles. The molecule has 21 heavy (non-hydrogen) atoms. The summed E-state index contributed by atoms with van der Waals surface area (Å²) in [4.78, 5) is 20.7. The molecule has 6 heteroatoms. The number of hydrogen-bond acceptors (Lipinski definition) is 3. The van der Waals surface area contributed by atoms with Crippen molar-refractivity contribution in [3.63, 3.8) is 0 Å². The van der Waals surface area contributed by atoms with E-state index in [4.69, 9.17) is 23.2 Å². The molecule has 0 bridgehead atoms. The quantitative estimate of drug-likeness (QED) is 0.680. The van der Waals surface area contributed by atoms with E-state index >= 15 is 0 Å². The van der Waals surface area contributed by atoms with Gasteiger partial charge in [0.25, 0.3) is 5.56 Å². The maximum Gasteiger partial charge on any atom is 0.272 e. The van der Waals surface area contributed by atoms with E-state index in [1.807, 2.05) is 24.3 Å². The molecule has 0 atom stereocenters. The van der Waals surface area contributed by atoms with E-state index < -0.39 is 0 Å². The number of benzene rings is 1. The van der Waals surface area contributed by atoms with Crippen LogP contribution in [0.15, 0.2) is 41.3 Å². The predicted octanol–water partition coefficient (Wildman–Crippen LogP) is 3.46. The fourth-order valence-corrected chi connectivity index (χ4v) is 2.63. The molecule has 3 rings (SSSR count). The minimum atomic E-state index is -0.139. The summed E-state index contributed by atoms with van der Waals surface area (Å²) in [6.07, 6.45) is 1.58. The van der Waals surface area contributed by atoms with Crippen LogP contribution >= 0.6 is 23.2 Å². The standard InChI is InChI=1S/C15H11Cl2N3O/c1-9-15(21)20(13-5-3-2-4-12(13)19-9)8-10-7-18-14(17)6-11(10)16/h2-7H,8H2,1H3. The van der Waals surface area contributed by atoms with Crippen LogP contribution in [0.3, 0.4) is 0 Å². The maximum absolute atomic E-state index is 12.4. The summed E-state index contributed by atoms with van der Waals surface area (Å²) in [6.45, 7) is 2.03. The van der Waals surface area contributed by atoms with Crippen LogP contribution in [0.5, 0.6) is 0 Å². The van der Waals surface area contributed by atoms with Crippen molar-refractivity contribution in [3.8, 4) is 0 Å². The Morgan fingerprint density at radius 2 is 2.00 bits per heavy atom. The normalized spacial score (nSPS) is 11.0. The van der Waals surface area contributed by atoms with Gasteiger partial charge in [0.1, 0.15) is 10.8 Å². The number of pyridine rings is 1. The summed E-state index contributed by atoms with van der Waals surface area (Å²) in [5, 5.41) is 0.812. The summed E-state index contributed by atoms with van der Waals surface area (Å²) >= 11 is 12.0. The molecule has 0 aliphatic heterocycles. The van der Waals surface area contributed by atoms with Crippen LogP contribution in [-0.4, -0.2) is 14.5 Å². The van der Waals surface area contributed by atoms with Gasteiger partial charge in [-0.25, -0.2) is 9.97 Å². The Labute approximate surface area is 131 Å². The fourth-order valence-electron chi connectivity index (χ4n) is 2.20. The van der Waals surface area contributed by atoms with E-state index in [0.29, 0.717) is 22.4 Å². The molecule has 0 fully saturated rings. The van der Waals surface area contributed by atoms with Crippen LogP contribution < -0.4 is 5.56 Å². The second-order valence-corrected chi connectivity index (χ2v) is 5.47. The minimum Gasteiger partial charge on any atom is -0.301 e. The Hall–Kier alpha value is -1.91. The Morgan fingerprint density at radius 3 is 2.76 bits per heavy atom. The van der Waals surface area contributed by atoms with Crippen molar-refractivity contribution in [1.82, 2.24) is 14.5 Å². The zero-order valence-corrected chi connectivity index (χ0v) is 12.7. The second kappa shape index (κ2) is 5.47. The van der Waals surface area contributed by atoms with Crippen molar-refractivity contribution < 1.29 is 0 Å². The van der Waals surface area contributed by atoms with Crippen molar-refractivity contribution in [2.45, 2.75) is 13.5 Å². The minimum absolute atomic E-state index is 0.139. The monoisotopic (exact) mass is 319 g/mol. The van der Waals surface area contributed by atoms with E-state index in [1.54, 1.807) is 23.8 Å². The lowest BCUT2D eigenvalue weighted by atomic mass is 10.2. The molecule has 0 radical (unpaired) electrons. The smallest absolute Gasteiger partial charge is 0.272 e.